The molecule has 1 heterocycles. The molecule has 1 aliphatic heterocycles. The maximum atomic E-state index is 12.7. The molecule has 0 saturated carbocycles. The van der Waals surface area contributed by atoms with Gasteiger partial charge in [-0.15, -0.1) is 0 Å². The molecule has 8 heteroatoms. The van der Waals surface area contributed by atoms with Crippen LogP contribution in [-0.4, -0.2) is 55.5 Å². The van der Waals surface area contributed by atoms with Crippen molar-refractivity contribution in [2.75, 3.05) is 13.7 Å². The Hall–Kier alpha value is -4.01. The quantitative estimate of drug-likeness (QED) is 0.200. The first-order valence-electron chi connectivity index (χ1n) is 13.4. The number of hydrogen-bond acceptors (Lipinski definition) is 7. The highest BCUT2D eigenvalue weighted by Crippen LogP contribution is 2.33. The Morgan fingerprint density at radius 3 is 2.05 bits per heavy atom. The Kier molecular flexibility index (Phi) is 10.0. The average molecular weight is 545 g/mol. The fourth-order valence-electron chi connectivity index (χ4n) is 4.62. The van der Waals surface area contributed by atoms with Crippen molar-refractivity contribution in [3.8, 4) is 0 Å². The molecule has 1 aliphatic rings. The molecule has 1 fully saturated rings. The van der Waals surface area contributed by atoms with Crippen molar-refractivity contribution in [3.63, 3.8) is 0 Å². The van der Waals surface area contributed by atoms with Gasteiger partial charge in [0, 0.05) is 17.7 Å². The van der Waals surface area contributed by atoms with Crippen LogP contribution >= 0.6 is 0 Å². The topological polar surface area (TPSA) is 95.5 Å². The fourth-order valence-corrected chi connectivity index (χ4v) is 4.62. The number of carbonyl (C=O) groups excluding carboxylic acids is 2. The predicted molar refractivity (Wildman–Crippen MR) is 152 cm³/mol. The third kappa shape index (κ3) is 8.00. The van der Waals surface area contributed by atoms with Crippen LogP contribution in [0.5, 0.6) is 0 Å². The first kappa shape index (κ1) is 29.0. The second kappa shape index (κ2) is 13.9. The molecule has 0 aromatic heterocycles. The van der Waals surface area contributed by atoms with Gasteiger partial charge in [0.1, 0.15) is 12.7 Å². The zero-order valence-electron chi connectivity index (χ0n) is 23.1. The van der Waals surface area contributed by atoms with E-state index in [9.17, 15) is 9.59 Å². The summed E-state index contributed by atoms with van der Waals surface area (Å²) >= 11 is 0. The first-order valence-corrected chi connectivity index (χ1v) is 13.4. The first-order chi connectivity index (χ1) is 19.4. The highest BCUT2D eigenvalue weighted by atomic mass is 16.8. The van der Waals surface area contributed by atoms with Crippen LogP contribution in [0.3, 0.4) is 0 Å². The van der Waals surface area contributed by atoms with E-state index in [1.165, 1.54) is 7.11 Å². The van der Waals surface area contributed by atoms with E-state index in [4.69, 9.17) is 23.9 Å². The zero-order valence-corrected chi connectivity index (χ0v) is 23.1. The molecule has 0 spiro atoms. The summed E-state index contributed by atoms with van der Waals surface area (Å²) in [6.45, 7) is 4.10. The summed E-state index contributed by atoms with van der Waals surface area (Å²) in [5, 5.41) is 2.80. The van der Waals surface area contributed by atoms with Gasteiger partial charge in [-0.2, -0.15) is 0 Å². The molecule has 3 atom stereocenters. The number of benzene rings is 3. The minimum atomic E-state index is -0.990. The zero-order chi connectivity index (χ0) is 28.4. The Morgan fingerprint density at radius 2 is 1.48 bits per heavy atom. The molecule has 3 aromatic carbocycles. The molecule has 8 nitrogen and oxygen atoms in total. The summed E-state index contributed by atoms with van der Waals surface area (Å²) in [7, 11) is 1.33. The molecule has 4 rings (SSSR count). The summed E-state index contributed by atoms with van der Waals surface area (Å²) in [6, 6.07) is 28.8. The molecule has 40 heavy (non-hydrogen) atoms. The lowest BCUT2D eigenvalue weighted by atomic mass is 9.98. The molecule has 1 N–H and O–H groups in total. The lowest BCUT2D eigenvalue weighted by molar-refractivity contribution is -0.168. The predicted octanol–water partition coefficient (Wildman–Crippen LogP) is 5.29. The maximum absolute atomic E-state index is 12.7. The van der Waals surface area contributed by atoms with Gasteiger partial charge in [0.05, 0.1) is 18.9 Å². The van der Waals surface area contributed by atoms with Crippen LogP contribution in [0.4, 0.5) is 4.79 Å². The number of hydrogen-bond donors (Lipinski definition) is 1. The van der Waals surface area contributed by atoms with Crippen molar-refractivity contribution >= 4 is 17.8 Å². The number of rotatable bonds is 11. The third-order valence-corrected chi connectivity index (χ3v) is 6.49. The van der Waals surface area contributed by atoms with E-state index in [-0.39, 0.29) is 6.61 Å². The van der Waals surface area contributed by atoms with Crippen LogP contribution in [-0.2, 0) is 30.3 Å². The summed E-state index contributed by atoms with van der Waals surface area (Å²) in [5.74, 6) is -1.50. The van der Waals surface area contributed by atoms with Crippen molar-refractivity contribution in [1.29, 1.82) is 0 Å². The summed E-state index contributed by atoms with van der Waals surface area (Å²) in [5.41, 5.74) is 3.57. The minimum Gasteiger partial charge on any atom is -0.467 e. The van der Waals surface area contributed by atoms with Crippen molar-refractivity contribution in [3.05, 3.63) is 108 Å². The number of ether oxygens (including phenoxy) is 4. The monoisotopic (exact) mass is 544 g/mol. The van der Waals surface area contributed by atoms with Gasteiger partial charge >= 0.3 is 12.1 Å². The highest BCUT2D eigenvalue weighted by Gasteiger charge is 2.49. The minimum absolute atomic E-state index is 0.195. The van der Waals surface area contributed by atoms with Crippen LogP contribution in [0.2, 0.25) is 0 Å². The molecular weight excluding hydrogens is 508 g/mol. The van der Waals surface area contributed by atoms with Crippen molar-refractivity contribution in [2.24, 2.45) is 4.99 Å². The number of esters is 1. The lowest BCUT2D eigenvalue weighted by Crippen LogP contribution is -2.41. The van der Waals surface area contributed by atoms with Crippen molar-refractivity contribution in [1.82, 2.24) is 5.32 Å². The average Bonchev–Trinajstić information content (AvgIpc) is 3.31. The number of methoxy groups -OCH3 is 1. The largest absolute Gasteiger partial charge is 0.467 e. The molecule has 0 aliphatic carbocycles. The molecule has 0 bridgehead atoms. The Labute approximate surface area is 235 Å². The van der Waals surface area contributed by atoms with Crippen LogP contribution in [0.25, 0.3) is 0 Å². The van der Waals surface area contributed by atoms with Gasteiger partial charge in [-0.25, -0.2) is 9.59 Å². The van der Waals surface area contributed by atoms with E-state index in [2.05, 4.69) is 5.32 Å². The SMILES string of the molecule is COC(=O)[C@@H]1OC(C)(C)O[C@@H]1[C@H](CCCNC(=O)OCc1ccccc1)N=C(c1ccccc1)c1ccccc1. The van der Waals surface area contributed by atoms with Gasteiger partial charge in [0.2, 0.25) is 0 Å². The molecular formula is C32H36N2O6. The van der Waals surface area contributed by atoms with E-state index in [0.717, 1.165) is 22.4 Å². The maximum Gasteiger partial charge on any atom is 0.407 e. The fraction of sp³-hybridized carbons (Fsp3) is 0.344. The van der Waals surface area contributed by atoms with Gasteiger partial charge in [0.15, 0.2) is 11.9 Å². The number of alkyl carbamates (subject to hydrolysis) is 1. The Bertz CT molecular complexity index is 1220. The standard InChI is InChI=1S/C32H36N2O6/c1-32(2)39-28(29(40-32)30(35)37-3)26(20-13-21-33-31(36)38-22-23-14-7-4-8-15-23)34-27(24-16-9-5-10-17-24)25-18-11-6-12-19-25/h4-12,14-19,26,28-29H,13,20-22H2,1-3H3,(H,33,36)/t26-,28+,29+/m0/s1. The van der Waals surface area contributed by atoms with E-state index in [1.807, 2.05) is 91.0 Å². The molecule has 0 unspecified atom stereocenters. The number of nitrogens with zero attached hydrogens (tertiary/aromatic N) is 1. The van der Waals surface area contributed by atoms with E-state index >= 15 is 0 Å². The second-order valence-electron chi connectivity index (χ2n) is 9.95. The van der Waals surface area contributed by atoms with Crippen LogP contribution in [0.1, 0.15) is 43.4 Å². The number of carbonyl (C=O) groups is 2. The number of aliphatic imine (C=N–C) groups is 1. The van der Waals surface area contributed by atoms with E-state index in [0.29, 0.717) is 19.4 Å². The van der Waals surface area contributed by atoms with Crippen molar-refractivity contribution < 1.29 is 28.5 Å². The molecule has 1 amide bonds. The third-order valence-electron chi connectivity index (χ3n) is 6.49. The molecule has 1 saturated heterocycles. The highest BCUT2D eigenvalue weighted by molar-refractivity contribution is 6.13. The van der Waals surface area contributed by atoms with Crippen LogP contribution < -0.4 is 5.32 Å². The summed E-state index contributed by atoms with van der Waals surface area (Å²) in [6.07, 6.45) is -1.04. The Morgan fingerprint density at radius 1 is 0.900 bits per heavy atom. The summed E-state index contributed by atoms with van der Waals surface area (Å²) < 4.78 is 22.6. The number of amides is 1. The molecule has 3 aromatic rings. The summed E-state index contributed by atoms with van der Waals surface area (Å²) in [4.78, 5) is 30.1. The van der Waals surface area contributed by atoms with E-state index < -0.39 is 36.1 Å². The van der Waals surface area contributed by atoms with Gasteiger partial charge in [-0.3, -0.25) is 4.99 Å². The Balaban J connectivity index is 1.54. The van der Waals surface area contributed by atoms with E-state index in [1.54, 1.807) is 13.8 Å². The van der Waals surface area contributed by atoms with Gasteiger partial charge in [-0.05, 0) is 32.3 Å². The smallest absolute Gasteiger partial charge is 0.407 e. The lowest BCUT2D eigenvalue weighted by Gasteiger charge is -2.24. The molecule has 0 radical (unpaired) electrons. The van der Waals surface area contributed by atoms with Crippen LogP contribution in [0, 0.1) is 0 Å². The number of nitrogens with one attached hydrogen (secondary N) is 1. The molecule has 210 valence electrons. The second-order valence-corrected chi connectivity index (χ2v) is 9.95. The normalized spacial score (nSPS) is 18.4. The van der Waals surface area contributed by atoms with Crippen molar-refractivity contribution in [2.45, 2.75) is 57.3 Å². The van der Waals surface area contributed by atoms with Gasteiger partial charge < -0.3 is 24.3 Å². The van der Waals surface area contributed by atoms with Crippen LogP contribution in [0.15, 0.2) is 96.0 Å². The van der Waals surface area contributed by atoms with Gasteiger partial charge in [0.25, 0.3) is 0 Å². The van der Waals surface area contributed by atoms with Gasteiger partial charge in [-0.1, -0.05) is 91.0 Å².